The molecule has 21 heavy (non-hydrogen) atoms. The topological polar surface area (TPSA) is 12.0 Å². The minimum atomic E-state index is 0.211. The Hall–Kier alpha value is -0.380. The van der Waals surface area contributed by atoms with E-state index in [0.29, 0.717) is 6.04 Å². The Bertz CT molecular complexity index is 413. The van der Waals surface area contributed by atoms with Crippen molar-refractivity contribution in [2.24, 2.45) is 5.41 Å². The summed E-state index contributed by atoms with van der Waals surface area (Å²) >= 11 is 3.90. The molecule has 0 heterocycles. The second kappa shape index (κ2) is 9.60. The van der Waals surface area contributed by atoms with Crippen LogP contribution in [0.15, 0.2) is 40.6 Å². The van der Waals surface area contributed by atoms with E-state index in [-0.39, 0.29) is 5.41 Å². The Morgan fingerprint density at radius 1 is 1.10 bits per heavy atom. The maximum absolute atomic E-state index is 3.72. The molecule has 1 aromatic carbocycles. The third-order valence-corrected chi connectivity index (χ3v) is 5.30. The summed E-state index contributed by atoms with van der Waals surface area (Å²) < 4.78 is 1.44. The Labute approximate surface area is 139 Å². The lowest BCUT2D eigenvalue weighted by molar-refractivity contribution is 0.312. The summed E-state index contributed by atoms with van der Waals surface area (Å²) in [6.45, 7) is 12.3. The molecule has 0 fully saturated rings. The summed E-state index contributed by atoms with van der Waals surface area (Å²) in [5, 5.41) is 3.72. The molecule has 1 nitrogen and oxygen atoms in total. The predicted molar refractivity (Wildman–Crippen MR) is 101 cm³/mol. The van der Waals surface area contributed by atoms with Crippen LogP contribution in [0.3, 0.4) is 0 Å². The van der Waals surface area contributed by atoms with Crippen molar-refractivity contribution in [2.45, 2.75) is 47.2 Å². The average Bonchev–Trinajstić information content (AvgIpc) is 2.43. The van der Waals surface area contributed by atoms with Crippen LogP contribution in [0.1, 0.15) is 40.2 Å². The summed E-state index contributed by atoms with van der Waals surface area (Å²) in [5.41, 5.74) is 1.55. The fourth-order valence-corrected chi connectivity index (χ4v) is 4.07. The highest BCUT2D eigenvalue weighted by atomic mass is 32.2. The van der Waals surface area contributed by atoms with Gasteiger partial charge in [0.15, 0.2) is 0 Å². The quantitative estimate of drug-likeness (QED) is 0.674. The first-order valence-electron chi connectivity index (χ1n) is 7.72. The number of hydrogen-bond acceptors (Lipinski definition) is 3. The van der Waals surface area contributed by atoms with Crippen molar-refractivity contribution in [2.75, 3.05) is 11.5 Å². The molecule has 1 aromatic rings. The van der Waals surface area contributed by atoms with E-state index in [2.05, 4.69) is 76.3 Å². The van der Waals surface area contributed by atoms with Crippen LogP contribution < -0.4 is 5.32 Å². The summed E-state index contributed by atoms with van der Waals surface area (Å²) in [6, 6.07) is 11.0. The van der Waals surface area contributed by atoms with Gasteiger partial charge in [0.1, 0.15) is 0 Å². The number of nitrogens with one attached hydrogen (secondary N) is 1. The molecule has 3 heteroatoms. The summed E-state index contributed by atoms with van der Waals surface area (Å²) in [4.78, 5) is 0. The van der Waals surface area contributed by atoms with Crippen LogP contribution in [0, 0.1) is 5.41 Å². The lowest BCUT2D eigenvalue weighted by Crippen LogP contribution is -2.38. The first kappa shape index (κ1) is 18.7. The van der Waals surface area contributed by atoms with Gasteiger partial charge in [0.05, 0.1) is 0 Å². The first-order chi connectivity index (χ1) is 9.97. The zero-order chi connectivity index (χ0) is 15.7. The maximum Gasteiger partial charge on any atom is 0.0376 e. The normalized spacial score (nSPS) is 13.0. The van der Waals surface area contributed by atoms with Crippen molar-refractivity contribution in [1.82, 2.24) is 5.32 Å². The van der Waals surface area contributed by atoms with Crippen LogP contribution in [-0.2, 0) is 6.54 Å². The first-order valence-corrected chi connectivity index (χ1v) is 9.69. The minimum absolute atomic E-state index is 0.211. The minimum Gasteiger partial charge on any atom is -0.306 e. The fraction of sp³-hybridized carbons (Fsp3) is 0.556. The lowest BCUT2D eigenvalue weighted by Gasteiger charge is -2.30. The molecule has 118 valence electrons. The molecular formula is C18H29NS2. The lowest BCUT2D eigenvalue weighted by atomic mass is 9.86. The van der Waals surface area contributed by atoms with E-state index in [1.165, 1.54) is 9.80 Å². The van der Waals surface area contributed by atoms with Crippen molar-refractivity contribution >= 4 is 23.5 Å². The van der Waals surface area contributed by atoms with Crippen molar-refractivity contribution in [3.05, 3.63) is 46.2 Å². The molecule has 1 rings (SSSR count). The van der Waals surface area contributed by atoms with Gasteiger partial charge in [0.2, 0.25) is 0 Å². The van der Waals surface area contributed by atoms with Gasteiger partial charge in [0.25, 0.3) is 0 Å². The molecular weight excluding hydrogens is 294 g/mol. The standard InChI is InChI=1S/C18H29NS2/c1-6-20-17(21-7-2)13-16(18(3,4)5)19-14-15-11-9-8-10-12-15/h8-13,16,19H,6-7,14H2,1-5H3. The van der Waals surface area contributed by atoms with Crippen LogP contribution in [0.25, 0.3) is 0 Å². The number of rotatable bonds is 8. The molecule has 0 radical (unpaired) electrons. The average molecular weight is 324 g/mol. The van der Waals surface area contributed by atoms with Gasteiger partial charge in [-0.15, -0.1) is 23.5 Å². The van der Waals surface area contributed by atoms with E-state index >= 15 is 0 Å². The highest BCUT2D eigenvalue weighted by molar-refractivity contribution is 8.22. The van der Waals surface area contributed by atoms with Gasteiger partial charge in [-0.2, -0.15) is 0 Å². The van der Waals surface area contributed by atoms with Crippen molar-refractivity contribution in [3.8, 4) is 0 Å². The van der Waals surface area contributed by atoms with Gasteiger partial charge in [-0.25, -0.2) is 0 Å². The molecule has 0 aliphatic heterocycles. The number of thioether (sulfide) groups is 2. The zero-order valence-corrected chi connectivity index (χ0v) is 15.6. The monoisotopic (exact) mass is 323 g/mol. The second-order valence-corrected chi connectivity index (χ2v) is 8.93. The zero-order valence-electron chi connectivity index (χ0n) is 14.0. The van der Waals surface area contributed by atoms with Crippen LogP contribution >= 0.6 is 23.5 Å². The molecule has 0 saturated carbocycles. The Morgan fingerprint density at radius 3 is 2.14 bits per heavy atom. The van der Waals surface area contributed by atoms with Crippen LogP contribution in [0.4, 0.5) is 0 Å². The highest BCUT2D eigenvalue weighted by Gasteiger charge is 2.22. The smallest absolute Gasteiger partial charge is 0.0376 e. The number of benzene rings is 1. The van der Waals surface area contributed by atoms with Crippen LogP contribution in [0.5, 0.6) is 0 Å². The molecule has 1 atom stereocenters. The third-order valence-electron chi connectivity index (χ3n) is 3.18. The Morgan fingerprint density at radius 2 is 1.67 bits per heavy atom. The summed E-state index contributed by atoms with van der Waals surface area (Å²) in [5.74, 6) is 2.27. The molecule has 1 unspecified atom stereocenters. The van der Waals surface area contributed by atoms with E-state index < -0.39 is 0 Å². The van der Waals surface area contributed by atoms with Gasteiger partial charge in [0, 0.05) is 16.8 Å². The Kier molecular flexibility index (Phi) is 8.53. The van der Waals surface area contributed by atoms with E-state index in [1.54, 1.807) is 0 Å². The summed E-state index contributed by atoms with van der Waals surface area (Å²) in [7, 11) is 0. The molecule has 0 saturated heterocycles. The fourth-order valence-electron chi connectivity index (χ4n) is 2.00. The van der Waals surface area contributed by atoms with E-state index in [9.17, 15) is 0 Å². The van der Waals surface area contributed by atoms with Gasteiger partial charge in [-0.05, 0) is 28.6 Å². The summed E-state index contributed by atoms with van der Waals surface area (Å²) in [6.07, 6.45) is 2.42. The van der Waals surface area contributed by atoms with Crippen molar-refractivity contribution in [1.29, 1.82) is 0 Å². The van der Waals surface area contributed by atoms with Gasteiger partial charge in [-0.1, -0.05) is 65.0 Å². The predicted octanol–water partition coefficient (Wildman–Crippen LogP) is 5.54. The van der Waals surface area contributed by atoms with Crippen molar-refractivity contribution < 1.29 is 0 Å². The highest BCUT2D eigenvalue weighted by Crippen LogP contribution is 2.31. The largest absolute Gasteiger partial charge is 0.306 e. The molecule has 1 N–H and O–H groups in total. The third kappa shape index (κ3) is 7.44. The van der Waals surface area contributed by atoms with E-state index in [4.69, 9.17) is 0 Å². The Balaban J connectivity index is 2.78. The second-order valence-electron chi connectivity index (χ2n) is 6.06. The van der Waals surface area contributed by atoms with Gasteiger partial charge in [-0.3, -0.25) is 0 Å². The van der Waals surface area contributed by atoms with Gasteiger partial charge >= 0.3 is 0 Å². The molecule has 0 amide bonds. The SMILES string of the molecule is CCSC(=CC(NCc1ccccc1)C(C)(C)C)SCC. The van der Waals surface area contributed by atoms with Crippen LogP contribution in [0.2, 0.25) is 0 Å². The van der Waals surface area contributed by atoms with E-state index in [0.717, 1.165) is 18.1 Å². The van der Waals surface area contributed by atoms with Crippen LogP contribution in [-0.4, -0.2) is 17.5 Å². The number of hydrogen-bond donors (Lipinski definition) is 1. The molecule has 0 bridgehead atoms. The molecule has 0 spiro atoms. The molecule has 0 aliphatic rings. The van der Waals surface area contributed by atoms with E-state index in [1.807, 2.05) is 23.5 Å². The van der Waals surface area contributed by atoms with Crippen molar-refractivity contribution in [3.63, 3.8) is 0 Å². The maximum atomic E-state index is 3.72. The van der Waals surface area contributed by atoms with Gasteiger partial charge < -0.3 is 5.32 Å². The molecule has 0 aliphatic carbocycles. The molecule has 0 aromatic heterocycles.